The smallest absolute Gasteiger partial charge is 0.328 e. The van der Waals surface area contributed by atoms with Gasteiger partial charge in [-0.15, -0.1) is 0 Å². The zero-order chi connectivity index (χ0) is 19.9. The predicted octanol–water partition coefficient (Wildman–Crippen LogP) is 4.13. The first-order valence-corrected chi connectivity index (χ1v) is 8.70. The zero-order valence-electron chi connectivity index (χ0n) is 14.9. The Morgan fingerprint density at radius 1 is 0.893 bits per heavy atom. The van der Waals surface area contributed by atoms with Gasteiger partial charge < -0.3 is 5.11 Å². The van der Waals surface area contributed by atoms with Gasteiger partial charge in [-0.25, -0.2) is 4.79 Å². The maximum Gasteiger partial charge on any atom is 0.328 e. The highest BCUT2D eigenvalue weighted by atomic mass is 16.6. The molecule has 0 aromatic heterocycles. The quantitative estimate of drug-likeness (QED) is 0.382. The minimum atomic E-state index is -1.16. The second-order valence-corrected chi connectivity index (χ2v) is 6.15. The van der Waals surface area contributed by atoms with Crippen LogP contribution in [0.4, 0.5) is 5.69 Å². The summed E-state index contributed by atoms with van der Waals surface area (Å²) in [5.74, 6) is -1.14. The number of para-hydroxylation sites is 1. The fourth-order valence-electron chi connectivity index (χ4n) is 2.92. The number of benzene rings is 3. The van der Waals surface area contributed by atoms with Crippen LogP contribution in [0.15, 0.2) is 89.9 Å². The molecule has 0 aliphatic carbocycles. The number of aliphatic carboxylic acids is 1. The second-order valence-electron chi connectivity index (χ2n) is 6.15. The number of hydrogen-bond donors (Lipinski definition) is 1. The number of carbonyl (C=O) groups is 1. The van der Waals surface area contributed by atoms with Gasteiger partial charge in [0, 0.05) is 29.2 Å². The average molecular weight is 374 g/mol. The van der Waals surface area contributed by atoms with Gasteiger partial charge in [0.25, 0.3) is 5.69 Å². The van der Waals surface area contributed by atoms with Gasteiger partial charge in [0.05, 0.1) is 10.6 Å². The molecule has 0 saturated heterocycles. The van der Waals surface area contributed by atoms with Gasteiger partial charge in [-0.3, -0.25) is 15.1 Å². The molecular formula is C22H18N2O4. The molecule has 0 spiro atoms. The first-order valence-electron chi connectivity index (χ1n) is 8.70. The summed E-state index contributed by atoms with van der Waals surface area (Å²) in [5, 5.41) is 21.0. The molecule has 140 valence electrons. The molecule has 6 nitrogen and oxygen atoms in total. The summed E-state index contributed by atoms with van der Waals surface area (Å²) in [6.07, 6.45) is -0.0738. The van der Waals surface area contributed by atoms with Crippen LogP contribution in [0.5, 0.6) is 0 Å². The first-order chi connectivity index (χ1) is 13.6. The maximum absolute atomic E-state index is 11.9. The standard InChI is InChI=1S/C22H18N2O4/c25-22(26)19(15-18-13-7-8-14-20(18)24(27)28)23-21(16-9-3-1-4-10-16)17-11-5-2-6-12-17/h1-14,19H,15H2,(H,25,26)/t19-/m0/s1. The summed E-state index contributed by atoms with van der Waals surface area (Å²) >= 11 is 0. The van der Waals surface area contributed by atoms with Crippen molar-refractivity contribution in [2.75, 3.05) is 0 Å². The summed E-state index contributed by atoms with van der Waals surface area (Å²) in [5.41, 5.74) is 2.33. The Labute approximate surface area is 162 Å². The van der Waals surface area contributed by atoms with Crippen molar-refractivity contribution >= 4 is 17.4 Å². The lowest BCUT2D eigenvalue weighted by atomic mass is 10.00. The van der Waals surface area contributed by atoms with Crippen LogP contribution in [0.3, 0.4) is 0 Å². The molecule has 3 rings (SSSR count). The van der Waals surface area contributed by atoms with Crippen molar-refractivity contribution in [1.82, 2.24) is 0 Å². The Bertz CT molecular complexity index is 960. The van der Waals surface area contributed by atoms with Gasteiger partial charge in [-0.1, -0.05) is 78.9 Å². The highest BCUT2D eigenvalue weighted by Crippen LogP contribution is 2.21. The molecule has 0 radical (unpaired) electrons. The van der Waals surface area contributed by atoms with E-state index in [1.54, 1.807) is 18.2 Å². The number of hydrogen-bond acceptors (Lipinski definition) is 4. The van der Waals surface area contributed by atoms with Crippen LogP contribution in [0, 0.1) is 10.1 Å². The fraction of sp³-hybridized carbons (Fsp3) is 0.0909. The molecule has 0 saturated carbocycles. The summed E-state index contributed by atoms with van der Waals surface area (Å²) < 4.78 is 0. The van der Waals surface area contributed by atoms with E-state index in [0.717, 1.165) is 11.1 Å². The molecule has 0 bridgehead atoms. The third kappa shape index (κ3) is 4.48. The SMILES string of the molecule is O=C(O)[C@H](Cc1ccccc1[N+](=O)[O-])N=C(c1ccccc1)c1ccccc1. The van der Waals surface area contributed by atoms with Crippen molar-refractivity contribution in [2.24, 2.45) is 4.99 Å². The number of nitro groups is 1. The number of carboxylic acids is 1. The van der Waals surface area contributed by atoms with Gasteiger partial charge in [-0.05, 0) is 0 Å². The monoisotopic (exact) mass is 374 g/mol. The zero-order valence-corrected chi connectivity index (χ0v) is 14.9. The van der Waals surface area contributed by atoms with Gasteiger partial charge in [0.15, 0.2) is 6.04 Å². The molecule has 0 aliphatic rings. The number of carboxylic acid groups (broad SMARTS) is 1. The van der Waals surface area contributed by atoms with Gasteiger partial charge in [-0.2, -0.15) is 0 Å². The Morgan fingerprint density at radius 3 is 1.89 bits per heavy atom. The highest BCUT2D eigenvalue weighted by molar-refractivity contribution is 6.13. The van der Waals surface area contributed by atoms with E-state index in [-0.39, 0.29) is 12.1 Å². The van der Waals surface area contributed by atoms with Crippen LogP contribution in [-0.2, 0) is 11.2 Å². The van der Waals surface area contributed by atoms with Crippen LogP contribution < -0.4 is 0 Å². The van der Waals surface area contributed by atoms with E-state index in [2.05, 4.69) is 4.99 Å². The largest absolute Gasteiger partial charge is 0.480 e. The molecule has 28 heavy (non-hydrogen) atoms. The molecule has 1 N–H and O–H groups in total. The summed E-state index contributed by atoms with van der Waals surface area (Å²) in [4.78, 5) is 27.2. The van der Waals surface area contributed by atoms with Crippen molar-refractivity contribution in [3.8, 4) is 0 Å². The summed E-state index contributed by atoms with van der Waals surface area (Å²) in [6, 6.07) is 23.6. The molecule has 1 atom stereocenters. The van der Waals surface area contributed by atoms with Crippen LogP contribution in [0.2, 0.25) is 0 Å². The molecule has 0 unspecified atom stereocenters. The second kappa shape index (κ2) is 8.73. The van der Waals surface area contributed by atoms with Crippen LogP contribution >= 0.6 is 0 Å². The lowest BCUT2D eigenvalue weighted by Crippen LogP contribution is -2.23. The predicted molar refractivity (Wildman–Crippen MR) is 107 cm³/mol. The molecule has 6 heteroatoms. The summed E-state index contributed by atoms with van der Waals surface area (Å²) in [6.45, 7) is 0. The van der Waals surface area contributed by atoms with E-state index in [1.807, 2.05) is 60.7 Å². The van der Waals surface area contributed by atoms with E-state index < -0.39 is 16.9 Å². The average Bonchev–Trinajstić information content (AvgIpc) is 2.72. The van der Waals surface area contributed by atoms with Crippen LogP contribution in [0.25, 0.3) is 0 Å². The third-order valence-electron chi connectivity index (χ3n) is 4.27. The Balaban J connectivity index is 2.06. The molecule has 0 aliphatic heterocycles. The van der Waals surface area contributed by atoms with E-state index in [1.165, 1.54) is 6.07 Å². The normalized spacial score (nSPS) is 11.4. The minimum Gasteiger partial charge on any atom is -0.480 e. The molecule has 0 amide bonds. The molecule has 3 aromatic rings. The van der Waals surface area contributed by atoms with Crippen molar-refractivity contribution < 1.29 is 14.8 Å². The van der Waals surface area contributed by atoms with E-state index in [0.29, 0.717) is 11.3 Å². The maximum atomic E-state index is 11.9. The van der Waals surface area contributed by atoms with E-state index in [4.69, 9.17) is 0 Å². The lowest BCUT2D eigenvalue weighted by Gasteiger charge is -2.13. The van der Waals surface area contributed by atoms with Crippen molar-refractivity contribution in [2.45, 2.75) is 12.5 Å². The number of nitrogens with zero attached hydrogens (tertiary/aromatic N) is 2. The number of nitro benzene ring substituents is 1. The van der Waals surface area contributed by atoms with Crippen LogP contribution in [0.1, 0.15) is 16.7 Å². The van der Waals surface area contributed by atoms with Crippen LogP contribution in [-0.4, -0.2) is 27.8 Å². The van der Waals surface area contributed by atoms with E-state index >= 15 is 0 Å². The molecule has 3 aromatic carbocycles. The third-order valence-corrected chi connectivity index (χ3v) is 4.27. The van der Waals surface area contributed by atoms with Gasteiger partial charge >= 0.3 is 5.97 Å². The first kappa shape index (κ1) is 19.0. The molecule has 0 heterocycles. The van der Waals surface area contributed by atoms with E-state index in [9.17, 15) is 20.0 Å². The molecular weight excluding hydrogens is 356 g/mol. The van der Waals surface area contributed by atoms with Gasteiger partial charge in [0.2, 0.25) is 0 Å². The van der Waals surface area contributed by atoms with Crippen molar-refractivity contribution in [1.29, 1.82) is 0 Å². The van der Waals surface area contributed by atoms with Crippen molar-refractivity contribution in [3.63, 3.8) is 0 Å². The van der Waals surface area contributed by atoms with Crippen molar-refractivity contribution in [3.05, 3.63) is 112 Å². The number of rotatable bonds is 7. The Hall–Kier alpha value is -3.80. The number of aliphatic imine (C=N–C) groups is 1. The van der Waals surface area contributed by atoms with Gasteiger partial charge in [0.1, 0.15) is 0 Å². The Morgan fingerprint density at radius 2 is 1.39 bits per heavy atom. The topological polar surface area (TPSA) is 92.8 Å². The fourth-order valence-corrected chi connectivity index (χ4v) is 2.92. The lowest BCUT2D eigenvalue weighted by molar-refractivity contribution is -0.385. The summed E-state index contributed by atoms with van der Waals surface area (Å²) in [7, 11) is 0. The minimum absolute atomic E-state index is 0.0738. The Kier molecular flexibility index (Phi) is 5.91. The molecule has 0 fully saturated rings. The highest BCUT2D eigenvalue weighted by Gasteiger charge is 2.23.